The van der Waals surface area contributed by atoms with Crippen molar-refractivity contribution in [3.8, 4) is 0 Å². The standard InChI is InChI=1S/C16H32O4S/c1-11(2)14-8-7-12(3)9-15(14)18-16(10-13(4)17)19-21(5,6)20-16/h11-15,17H,7-10H2,1-6H3. The Morgan fingerprint density at radius 1 is 1.24 bits per heavy atom. The fraction of sp³-hybridized carbons (Fsp3) is 1.00. The van der Waals surface area contributed by atoms with E-state index in [4.69, 9.17) is 13.1 Å². The third kappa shape index (κ3) is 4.35. The fourth-order valence-electron chi connectivity index (χ4n) is 3.62. The van der Waals surface area contributed by atoms with Crippen LogP contribution in [-0.2, 0) is 13.1 Å². The van der Waals surface area contributed by atoms with Crippen LogP contribution in [0.3, 0.4) is 0 Å². The van der Waals surface area contributed by atoms with Crippen LogP contribution in [0, 0.1) is 17.8 Å². The summed E-state index contributed by atoms with van der Waals surface area (Å²) in [7, 11) is -1.47. The molecule has 1 aliphatic heterocycles. The molecule has 1 N–H and O–H groups in total. The maximum atomic E-state index is 9.75. The lowest BCUT2D eigenvalue weighted by Crippen LogP contribution is -2.54. The maximum Gasteiger partial charge on any atom is 0.323 e. The van der Waals surface area contributed by atoms with Gasteiger partial charge in [0.15, 0.2) is 0 Å². The first-order valence-electron chi connectivity index (χ1n) is 8.13. The molecule has 0 spiro atoms. The van der Waals surface area contributed by atoms with Crippen LogP contribution in [0.15, 0.2) is 0 Å². The van der Waals surface area contributed by atoms with Gasteiger partial charge in [-0.05, 0) is 37.5 Å². The van der Waals surface area contributed by atoms with Gasteiger partial charge in [-0.15, -0.1) is 0 Å². The molecule has 1 saturated carbocycles. The van der Waals surface area contributed by atoms with Crippen LogP contribution in [0.25, 0.3) is 0 Å². The molecule has 5 heteroatoms. The second-order valence-electron chi connectivity index (χ2n) is 7.53. The molecule has 21 heavy (non-hydrogen) atoms. The molecule has 0 bridgehead atoms. The van der Waals surface area contributed by atoms with Gasteiger partial charge in [0.1, 0.15) is 0 Å². The largest absolute Gasteiger partial charge is 0.393 e. The minimum absolute atomic E-state index is 0.156. The fourth-order valence-corrected chi connectivity index (χ4v) is 5.07. The van der Waals surface area contributed by atoms with Crippen LogP contribution in [0.5, 0.6) is 0 Å². The van der Waals surface area contributed by atoms with E-state index in [1.807, 2.05) is 12.5 Å². The van der Waals surface area contributed by atoms with Crippen molar-refractivity contribution in [2.75, 3.05) is 12.5 Å². The average Bonchev–Trinajstić information content (AvgIpc) is 2.24. The summed E-state index contributed by atoms with van der Waals surface area (Å²) in [5.74, 6) is 0.778. The van der Waals surface area contributed by atoms with Crippen LogP contribution in [0.1, 0.15) is 53.4 Å². The summed E-state index contributed by atoms with van der Waals surface area (Å²) < 4.78 is 18.3. The lowest BCUT2D eigenvalue weighted by molar-refractivity contribution is -0.375. The summed E-state index contributed by atoms with van der Waals surface area (Å²) in [6, 6.07) is 0. The van der Waals surface area contributed by atoms with E-state index < -0.39 is 22.7 Å². The molecule has 0 aromatic rings. The lowest BCUT2D eigenvalue weighted by Gasteiger charge is -2.58. The average molecular weight is 320 g/mol. The highest BCUT2D eigenvalue weighted by atomic mass is 32.3. The lowest BCUT2D eigenvalue weighted by atomic mass is 9.75. The monoisotopic (exact) mass is 320 g/mol. The van der Waals surface area contributed by atoms with Gasteiger partial charge in [-0.3, -0.25) is 0 Å². The summed E-state index contributed by atoms with van der Waals surface area (Å²) in [6.07, 6.45) is 7.46. The highest BCUT2D eigenvalue weighted by Gasteiger charge is 2.53. The molecule has 0 aromatic carbocycles. The molecule has 4 nitrogen and oxygen atoms in total. The van der Waals surface area contributed by atoms with Gasteiger partial charge < -0.3 is 9.84 Å². The Bertz CT molecular complexity index is 343. The summed E-state index contributed by atoms with van der Waals surface area (Å²) in [5.41, 5.74) is 0. The molecule has 1 saturated heterocycles. The summed E-state index contributed by atoms with van der Waals surface area (Å²) in [5, 5.41) is 9.75. The predicted octanol–water partition coefficient (Wildman–Crippen LogP) is 3.83. The first kappa shape index (κ1) is 17.5. The Kier molecular flexibility index (Phi) is 5.31. The number of aliphatic hydroxyl groups excluding tert-OH is 1. The quantitative estimate of drug-likeness (QED) is 0.836. The molecular formula is C16H32O4S. The molecule has 0 radical (unpaired) electrons. The van der Waals surface area contributed by atoms with E-state index in [0.717, 1.165) is 6.42 Å². The van der Waals surface area contributed by atoms with Gasteiger partial charge in [-0.1, -0.05) is 27.2 Å². The van der Waals surface area contributed by atoms with Crippen molar-refractivity contribution >= 4 is 10.6 Å². The zero-order valence-electron chi connectivity index (χ0n) is 14.3. The molecule has 1 heterocycles. The topological polar surface area (TPSA) is 47.9 Å². The van der Waals surface area contributed by atoms with E-state index in [1.54, 1.807) is 6.92 Å². The number of aliphatic hydroxyl groups is 1. The molecule has 2 rings (SSSR count). The van der Waals surface area contributed by atoms with Crippen LogP contribution in [0.2, 0.25) is 0 Å². The number of hydrogen-bond acceptors (Lipinski definition) is 4. The van der Waals surface area contributed by atoms with Gasteiger partial charge in [0.25, 0.3) is 0 Å². The third-order valence-electron chi connectivity index (χ3n) is 4.49. The van der Waals surface area contributed by atoms with Crippen LogP contribution >= 0.6 is 10.6 Å². The van der Waals surface area contributed by atoms with Crippen LogP contribution in [-0.4, -0.2) is 35.8 Å². The van der Waals surface area contributed by atoms with Crippen molar-refractivity contribution in [1.29, 1.82) is 0 Å². The smallest absolute Gasteiger partial charge is 0.323 e. The van der Waals surface area contributed by atoms with E-state index in [-0.39, 0.29) is 6.10 Å². The van der Waals surface area contributed by atoms with Crippen molar-refractivity contribution in [2.24, 2.45) is 17.8 Å². The zero-order chi connectivity index (χ0) is 15.8. The number of hydrogen-bond donors (Lipinski definition) is 1. The molecule has 0 aromatic heterocycles. The molecule has 4 atom stereocenters. The molecule has 1 aliphatic carbocycles. The zero-order valence-corrected chi connectivity index (χ0v) is 15.1. The molecule has 2 fully saturated rings. The second-order valence-corrected chi connectivity index (χ2v) is 10.1. The Balaban J connectivity index is 2.07. The summed E-state index contributed by atoms with van der Waals surface area (Å²) in [6.45, 7) is 8.56. The third-order valence-corrected chi connectivity index (χ3v) is 5.80. The summed E-state index contributed by atoms with van der Waals surface area (Å²) >= 11 is 0. The van der Waals surface area contributed by atoms with E-state index >= 15 is 0 Å². The van der Waals surface area contributed by atoms with Crippen molar-refractivity contribution in [3.63, 3.8) is 0 Å². The second kappa shape index (κ2) is 6.36. The van der Waals surface area contributed by atoms with E-state index in [0.29, 0.717) is 24.2 Å². The van der Waals surface area contributed by atoms with Crippen molar-refractivity contribution < 1.29 is 18.2 Å². The Labute approximate surface area is 131 Å². The van der Waals surface area contributed by atoms with E-state index in [2.05, 4.69) is 20.8 Å². The Morgan fingerprint density at radius 3 is 2.33 bits per heavy atom. The van der Waals surface area contributed by atoms with Crippen molar-refractivity contribution in [1.82, 2.24) is 0 Å². The van der Waals surface area contributed by atoms with Gasteiger partial charge in [-0.25, -0.2) is 8.37 Å². The van der Waals surface area contributed by atoms with Crippen LogP contribution in [0.4, 0.5) is 0 Å². The molecular weight excluding hydrogens is 288 g/mol. The normalized spacial score (nSPS) is 37.8. The maximum absolute atomic E-state index is 9.75. The highest BCUT2D eigenvalue weighted by molar-refractivity contribution is 8.25. The van der Waals surface area contributed by atoms with E-state index in [9.17, 15) is 5.11 Å². The van der Waals surface area contributed by atoms with Gasteiger partial charge in [0, 0.05) is 12.5 Å². The summed E-state index contributed by atoms with van der Waals surface area (Å²) in [4.78, 5) is 0. The number of ether oxygens (including phenoxy) is 1. The van der Waals surface area contributed by atoms with Crippen LogP contribution < -0.4 is 0 Å². The first-order valence-corrected chi connectivity index (χ1v) is 10.4. The van der Waals surface area contributed by atoms with Gasteiger partial charge in [-0.2, -0.15) is 10.6 Å². The minimum atomic E-state index is -1.47. The number of rotatable bonds is 5. The minimum Gasteiger partial charge on any atom is -0.393 e. The van der Waals surface area contributed by atoms with Crippen molar-refractivity contribution in [3.05, 3.63) is 0 Å². The molecule has 0 amide bonds. The van der Waals surface area contributed by atoms with Gasteiger partial charge in [0.2, 0.25) is 0 Å². The molecule has 4 unspecified atom stereocenters. The van der Waals surface area contributed by atoms with Crippen molar-refractivity contribution in [2.45, 2.75) is 71.6 Å². The van der Waals surface area contributed by atoms with E-state index in [1.165, 1.54) is 12.8 Å². The molecule has 126 valence electrons. The predicted molar refractivity (Wildman–Crippen MR) is 86.9 cm³/mol. The SMILES string of the molecule is CC(O)CC1(OC2CC(C)CCC2C(C)C)OS(C)(C)O1. The van der Waals surface area contributed by atoms with Gasteiger partial charge >= 0.3 is 5.97 Å². The van der Waals surface area contributed by atoms with Gasteiger partial charge in [0.05, 0.1) is 18.6 Å². The first-order chi connectivity index (χ1) is 9.62. The highest BCUT2D eigenvalue weighted by Crippen LogP contribution is 2.62. The Hall–Kier alpha value is 0.190. The Morgan fingerprint density at radius 2 is 1.86 bits per heavy atom. The molecule has 2 aliphatic rings.